The van der Waals surface area contributed by atoms with Crippen LogP contribution in [0.4, 0.5) is 0 Å². The van der Waals surface area contributed by atoms with Crippen LogP contribution in [-0.2, 0) is 11.3 Å². The van der Waals surface area contributed by atoms with E-state index in [-0.39, 0.29) is 11.8 Å². The Morgan fingerprint density at radius 2 is 1.48 bits per heavy atom. The second-order valence-corrected chi connectivity index (χ2v) is 4.56. The first-order chi connectivity index (χ1) is 10.1. The van der Waals surface area contributed by atoms with Gasteiger partial charge >= 0.3 is 5.97 Å². The standard InChI is InChI=1S/C17H16O4/c1-12(18)14-7-9-16(10-8-14)21-11-13-3-5-15(6-4-13)17(19)20-2/h3-10H,11H2,1-2H3. The van der Waals surface area contributed by atoms with Crippen molar-refractivity contribution < 1.29 is 19.1 Å². The Hall–Kier alpha value is -2.62. The topological polar surface area (TPSA) is 52.6 Å². The van der Waals surface area contributed by atoms with E-state index in [0.29, 0.717) is 23.5 Å². The van der Waals surface area contributed by atoms with Gasteiger partial charge in [-0.1, -0.05) is 12.1 Å². The van der Waals surface area contributed by atoms with Gasteiger partial charge in [0.1, 0.15) is 12.4 Å². The molecule has 4 heteroatoms. The zero-order chi connectivity index (χ0) is 15.2. The number of esters is 1. The number of Topliss-reactive ketones (excluding diaryl/α,β-unsaturated/α-hetero) is 1. The van der Waals surface area contributed by atoms with E-state index in [1.54, 1.807) is 36.4 Å². The highest BCUT2D eigenvalue weighted by Crippen LogP contribution is 2.15. The molecule has 0 radical (unpaired) electrons. The first-order valence-corrected chi connectivity index (χ1v) is 6.51. The zero-order valence-electron chi connectivity index (χ0n) is 12.0. The molecule has 2 aromatic carbocycles. The monoisotopic (exact) mass is 284 g/mol. The normalized spacial score (nSPS) is 10.0. The maximum Gasteiger partial charge on any atom is 0.337 e. The number of carbonyl (C=O) groups is 2. The van der Waals surface area contributed by atoms with Crippen molar-refractivity contribution in [2.75, 3.05) is 7.11 Å². The number of hydrogen-bond donors (Lipinski definition) is 0. The summed E-state index contributed by atoms with van der Waals surface area (Å²) in [5, 5.41) is 0. The van der Waals surface area contributed by atoms with Crippen LogP contribution in [0.3, 0.4) is 0 Å². The number of rotatable bonds is 5. The van der Waals surface area contributed by atoms with Gasteiger partial charge in [0, 0.05) is 5.56 Å². The fourth-order valence-electron chi connectivity index (χ4n) is 1.81. The number of methoxy groups -OCH3 is 1. The van der Waals surface area contributed by atoms with Crippen LogP contribution in [-0.4, -0.2) is 18.9 Å². The fourth-order valence-corrected chi connectivity index (χ4v) is 1.81. The summed E-state index contributed by atoms with van der Waals surface area (Å²) in [7, 11) is 1.35. The van der Waals surface area contributed by atoms with Crippen LogP contribution < -0.4 is 4.74 Å². The van der Waals surface area contributed by atoms with Gasteiger partial charge in [-0.05, 0) is 48.9 Å². The van der Waals surface area contributed by atoms with Gasteiger partial charge in [-0.2, -0.15) is 0 Å². The van der Waals surface area contributed by atoms with Crippen molar-refractivity contribution in [2.45, 2.75) is 13.5 Å². The highest BCUT2D eigenvalue weighted by atomic mass is 16.5. The average Bonchev–Trinajstić information content (AvgIpc) is 2.53. The lowest BCUT2D eigenvalue weighted by atomic mass is 10.1. The number of ketones is 1. The molecule has 0 aliphatic rings. The minimum atomic E-state index is -0.359. The molecular weight excluding hydrogens is 268 g/mol. The molecule has 2 rings (SSSR count). The highest BCUT2D eigenvalue weighted by molar-refractivity contribution is 5.94. The third kappa shape index (κ3) is 3.92. The summed E-state index contributed by atoms with van der Waals surface area (Å²) < 4.78 is 10.3. The minimum Gasteiger partial charge on any atom is -0.489 e. The van der Waals surface area contributed by atoms with E-state index in [9.17, 15) is 9.59 Å². The van der Waals surface area contributed by atoms with Gasteiger partial charge in [0.25, 0.3) is 0 Å². The number of hydrogen-bond acceptors (Lipinski definition) is 4. The van der Waals surface area contributed by atoms with Crippen molar-refractivity contribution >= 4 is 11.8 Å². The summed E-state index contributed by atoms with van der Waals surface area (Å²) in [5.41, 5.74) is 2.11. The molecule has 0 unspecified atom stereocenters. The summed E-state index contributed by atoms with van der Waals surface area (Å²) in [6.45, 7) is 1.92. The number of carbonyl (C=O) groups excluding carboxylic acids is 2. The van der Waals surface area contributed by atoms with Gasteiger partial charge in [0.15, 0.2) is 5.78 Å². The SMILES string of the molecule is COC(=O)c1ccc(COc2ccc(C(C)=O)cc2)cc1. The van der Waals surface area contributed by atoms with Crippen molar-refractivity contribution in [1.29, 1.82) is 0 Å². The minimum absolute atomic E-state index is 0.0277. The molecule has 4 nitrogen and oxygen atoms in total. The van der Waals surface area contributed by atoms with Crippen LogP contribution in [0.25, 0.3) is 0 Å². The molecule has 0 fully saturated rings. The van der Waals surface area contributed by atoms with Crippen LogP contribution in [0.2, 0.25) is 0 Å². The second-order valence-electron chi connectivity index (χ2n) is 4.56. The Morgan fingerprint density at radius 1 is 0.905 bits per heavy atom. The third-order valence-corrected chi connectivity index (χ3v) is 3.04. The molecule has 0 bridgehead atoms. The second kappa shape index (κ2) is 6.70. The summed E-state index contributed by atoms with van der Waals surface area (Å²) in [5.74, 6) is 0.360. The maximum absolute atomic E-state index is 11.3. The molecule has 108 valence electrons. The summed E-state index contributed by atoms with van der Waals surface area (Å²) in [4.78, 5) is 22.5. The summed E-state index contributed by atoms with van der Waals surface area (Å²) in [6.07, 6.45) is 0. The van der Waals surface area contributed by atoms with Crippen LogP contribution in [0.5, 0.6) is 5.75 Å². The van der Waals surface area contributed by atoms with Crippen molar-refractivity contribution in [3.05, 3.63) is 65.2 Å². The zero-order valence-corrected chi connectivity index (χ0v) is 12.0. The third-order valence-electron chi connectivity index (χ3n) is 3.04. The first kappa shape index (κ1) is 14.8. The van der Waals surface area contributed by atoms with Crippen LogP contribution >= 0.6 is 0 Å². The van der Waals surface area contributed by atoms with Gasteiger partial charge in [-0.25, -0.2) is 4.79 Å². The maximum atomic E-state index is 11.3. The number of benzene rings is 2. The molecule has 0 aliphatic carbocycles. The largest absolute Gasteiger partial charge is 0.489 e. The van der Waals surface area contributed by atoms with Crippen molar-refractivity contribution in [2.24, 2.45) is 0 Å². The van der Waals surface area contributed by atoms with Gasteiger partial charge in [0.05, 0.1) is 12.7 Å². The van der Waals surface area contributed by atoms with Crippen LogP contribution in [0.1, 0.15) is 33.2 Å². The Balaban J connectivity index is 1.96. The smallest absolute Gasteiger partial charge is 0.337 e. The number of ether oxygens (including phenoxy) is 2. The van der Waals surface area contributed by atoms with Crippen molar-refractivity contribution in [3.63, 3.8) is 0 Å². The summed E-state index contributed by atoms with van der Waals surface area (Å²) >= 11 is 0. The molecule has 0 amide bonds. The first-order valence-electron chi connectivity index (χ1n) is 6.51. The molecule has 0 saturated heterocycles. The van der Waals surface area contributed by atoms with E-state index in [4.69, 9.17) is 4.74 Å². The Kier molecular flexibility index (Phi) is 4.72. The van der Waals surface area contributed by atoms with E-state index < -0.39 is 0 Å². The van der Waals surface area contributed by atoms with Crippen molar-refractivity contribution in [1.82, 2.24) is 0 Å². The Morgan fingerprint density at radius 3 is 2.00 bits per heavy atom. The molecule has 0 spiro atoms. The average molecular weight is 284 g/mol. The highest BCUT2D eigenvalue weighted by Gasteiger charge is 2.05. The lowest BCUT2D eigenvalue weighted by Gasteiger charge is -2.07. The molecule has 0 heterocycles. The molecule has 0 aliphatic heterocycles. The summed E-state index contributed by atoms with van der Waals surface area (Å²) in [6, 6.07) is 14.0. The molecular formula is C17H16O4. The fraction of sp³-hybridized carbons (Fsp3) is 0.176. The van der Waals surface area contributed by atoms with Gasteiger partial charge in [-0.15, -0.1) is 0 Å². The van der Waals surface area contributed by atoms with E-state index in [0.717, 1.165) is 5.56 Å². The quantitative estimate of drug-likeness (QED) is 0.624. The van der Waals surface area contributed by atoms with Gasteiger partial charge in [0.2, 0.25) is 0 Å². The molecule has 21 heavy (non-hydrogen) atoms. The van der Waals surface area contributed by atoms with Gasteiger partial charge in [-0.3, -0.25) is 4.79 Å². The van der Waals surface area contributed by atoms with Crippen LogP contribution in [0.15, 0.2) is 48.5 Å². The van der Waals surface area contributed by atoms with E-state index >= 15 is 0 Å². The lowest BCUT2D eigenvalue weighted by molar-refractivity contribution is 0.0600. The molecule has 0 N–H and O–H groups in total. The van der Waals surface area contributed by atoms with Crippen LogP contribution in [0, 0.1) is 0 Å². The van der Waals surface area contributed by atoms with E-state index in [1.807, 2.05) is 12.1 Å². The Bertz CT molecular complexity index is 627. The Labute approximate surface area is 123 Å². The van der Waals surface area contributed by atoms with E-state index in [1.165, 1.54) is 14.0 Å². The molecule has 2 aromatic rings. The molecule has 0 aromatic heterocycles. The predicted molar refractivity (Wildman–Crippen MR) is 78.6 cm³/mol. The molecule has 0 saturated carbocycles. The van der Waals surface area contributed by atoms with Crippen molar-refractivity contribution in [3.8, 4) is 5.75 Å². The lowest BCUT2D eigenvalue weighted by Crippen LogP contribution is -2.02. The van der Waals surface area contributed by atoms with Gasteiger partial charge < -0.3 is 9.47 Å². The van der Waals surface area contributed by atoms with E-state index in [2.05, 4.69) is 4.74 Å². The predicted octanol–water partition coefficient (Wildman–Crippen LogP) is 3.25. The molecule has 0 atom stereocenters.